The fraction of sp³-hybridized carbons (Fsp3) is 0.471. The average Bonchev–Trinajstić information content (AvgIpc) is 3.02. The number of nitrogens with one attached hydrogen (secondary N) is 2. The van der Waals surface area contributed by atoms with Crippen LogP contribution in [0.5, 0.6) is 5.75 Å². The topological polar surface area (TPSA) is 98.8 Å². The number of anilines is 1. The van der Waals surface area contributed by atoms with E-state index in [1.54, 1.807) is 30.4 Å². The molecule has 8 nitrogen and oxygen atoms in total. The van der Waals surface area contributed by atoms with Crippen LogP contribution in [0.4, 0.5) is 23.1 Å². The molecule has 29 heavy (non-hydrogen) atoms. The van der Waals surface area contributed by atoms with Gasteiger partial charge >= 0.3 is 23.9 Å². The maximum Gasteiger partial charge on any atom is 0.442 e. The number of aromatic nitrogens is 1. The van der Waals surface area contributed by atoms with Crippen LogP contribution in [-0.4, -0.2) is 48.7 Å². The predicted molar refractivity (Wildman–Crippen MR) is 100.0 cm³/mol. The maximum absolute atomic E-state index is 14.0. The predicted octanol–water partition coefficient (Wildman–Crippen LogP) is 3.67. The van der Waals surface area contributed by atoms with Crippen molar-refractivity contribution in [1.82, 2.24) is 10.3 Å². The number of alkyl halides is 3. The van der Waals surface area contributed by atoms with Gasteiger partial charge < -0.3 is 19.5 Å². The van der Waals surface area contributed by atoms with E-state index in [9.17, 15) is 22.8 Å². The summed E-state index contributed by atoms with van der Waals surface area (Å²) < 4.78 is 56.9. The molecule has 1 heterocycles. The molecule has 1 aromatic carbocycles. The summed E-state index contributed by atoms with van der Waals surface area (Å²) in [6.07, 6.45) is -6.70. The van der Waals surface area contributed by atoms with Gasteiger partial charge in [-0.1, -0.05) is 11.3 Å². The molecule has 1 aromatic heterocycles. The molecule has 0 aliphatic heterocycles. The van der Waals surface area contributed by atoms with Gasteiger partial charge in [0.25, 0.3) is 0 Å². The molecule has 0 spiro atoms. The number of nitrogens with zero attached hydrogens (tertiary/aromatic N) is 1. The first-order valence-electron chi connectivity index (χ1n) is 8.67. The van der Waals surface area contributed by atoms with Gasteiger partial charge in [0, 0.05) is 0 Å². The van der Waals surface area contributed by atoms with E-state index in [2.05, 4.69) is 14.5 Å². The molecule has 2 N–H and O–H groups in total. The van der Waals surface area contributed by atoms with Crippen LogP contribution in [0.3, 0.4) is 0 Å². The third-order valence-electron chi connectivity index (χ3n) is 3.54. The van der Waals surface area contributed by atoms with Crippen LogP contribution in [0.2, 0.25) is 0 Å². The lowest BCUT2D eigenvalue weighted by Crippen LogP contribution is -2.69. The second kappa shape index (κ2) is 9.16. The number of rotatable bonds is 8. The highest BCUT2D eigenvalue weighted by atomic mass is 32.1. The van der Waals surface area contributed by atoms with Crippen LogP contribution in [-0.2, 0) is 14.3 Å². The Labute approximate surface area is 168 Å². The van der Waals surface area contributed by atoms with E-state index >= 15 is 0 Å². The molecule has 0 saturated carbocycles. The number of carbonyl (C=O) groups is 2. The largest absolute Gasteiger partial charge is 0.494 e. The number of fused-ring (bicyclic) bond motifs is 1. The van der Waals surface area contributed by atoms with Gasteiger partial charge in [-0.15, -0.1) is 0 Å². The molecule has 160 valence electrons. The van der Waals surface area contributed by atoms with Crippen LogP contribution < -0.4 is 15.4 Å². The third kappa shape index (κ3) is 5.00. The van der Waals surface area contributed by atoms with Gasteiger partial charge in [-0.05, 0) is 39.0 Å². The Morgan fingerprint density at radius 1 is 1.10 bits per heavy atom. The van der Waals surface area contributed by atoms with Gasteiger partial charge in [0.2, 0.25) is 0 Å². The summed E-state index contributed by atoms with van der Waals surface area (Å²) >= 11 is 0.854. The second-order valence-corrected chi connectivity index (χ2v) is 6.55. The Balaban J connectivity index is 2.48. The Kier molecular flexibility index (Phi) is 7.11. The molecule has 0 fully saturated rings. The SMILES string of the molecule is CCOC(=O)N[C@](Nc1nc2ccc(OCC)cc2s1)(C(=O)OCC)C(F)(F)F. The minimum Gasteiger partial charge on any atom is -0.494 e. The zero-order valence-corrected chi connectivity index (χ0v) is 16.7. The summed E-state index contributed by atoms with van der Waals surface area (Å²) in [4.78, 5) is 28.1. The molecule has 0 unspecified atom stereocenters. The van der Waals surface area contributed by atoms with Crippen LogP contribution >= 0.6 is 11.3 Å². The van der Waals surface area contributed by atoms with Crippen molar-refractivity contribution in [3.63, 3.8) is 0 Å². The lowest BCUT2D eigenvalue weighted by Gasteiger charge is -2.33. The van der Waals surface area contributed by atoms with Crippen molar-refractivity contribution in [3.05, 3.63) is 18.2 Å². The average molecular weight is 435 g/mol. The van der Waals surface area contributed by atoms with E-state index in [-0.39, 0.29) is 18.3 Å². The van der Waals surface area contributed by atoms with Gasteiger partial charge in [-0.3, -0.25) is 5.32 Å². The molecule has 0 bridgehead atoms. The number of benzene rings is 1. The highest BCUT2D eigenvalue weighted by molar-refractivity contribution is 7.22. The normalized spacial score (nSPS) is 13.4. The quantitative estimate of drug-likeness (QED) is 0.482. The van der Waals surface area contributed by atoms with Crippen LogP contribution in [0.1, 0.15) is 20.8 Å². The monoisotopic (exact) mass is 435 g/mol. The number of alkyl carbamates (subject to hydrolysis) is 1. The molecular formula is C17H20F3N3O5S. The minimum absolute atomic E-state index is 0.191. The fourth-order valence-corrected chi connectivity index (χ4v) is 3.28. The van der Waals surface area contributed by atoms with Crippen LogP contribution in [0.25, 0.3) is 10.2 Å². The molecule has 0 radical (unpaired) electrons. The van der Waals surface area contributed by atoms with Crippen molar-refractivity contribution in [3.8, 4) is 5.75 Å². The lowest BCUT2D eigenvalue weighted by molar-refractivity contribution is -0.205. The van der Waals surface area contributed by atoms with Crippen molar-refractivity contribution in [2.75, 3.05) is 25.1 Å². The minimum atomic E-state index is -5.26. The summed E-state index contributed by atoms with van der Waals surface area (Å²) in [7, 11) is 0. The van der Waals surface area contributed by atoms with E-state index in [1.807, 2.05) is 5.32 Å². The van der Waals surface area contributed by atoms with Crippen molar-refractivity contribution in [2.45, 2.75) is 32.6 Å². The number of esters is 1. The van der Waals surface area contributed by atoms with Gasteiger partial charge in [-0.25, -0.2) is 14.6 Å². The number of amides is 1. The molecule has 0 saturated heterocycles. The van der Waals surface area contributed by atoms with Crippen LogP contribution in [0, 0.1) is 0 Å². The third-order valence-corrected chi connectivity index (χ3v) is 4.47. The van der Waals surface area contributed by atoms with Gasteiger partial charge in [-0.2, -0.15) is 13.2 Å². The van der Waals surface area contributed by atoms with Gasteiger partial charge in [0.1, 0.15) is 5.75 Å². The highest BCUT2D eigenvalue weighted by Crippen LogP contribution is 2.36. The zero-order valence-electron chi connectivity index (χ0n) is 15.9. The Bertz CT molecular complexity index is 874. The van der Waals surface area contributed by atoms with Crippen molar-refractivity contribution >= 4 is 38.7 Å². The second-order valence-electron chi connectivity index (χ2n) is 5.52. The number of carbonyl (C=O) groups excluding carboxylic acids is 2. The molecule has 2 aromatic rings. The number of ether oxygens (including phenoxy) is 3. The van der Waals surface area contributed by atoms with Crippen molar-refractivity contribution in [1.29, 1.82) is 0 Å². The van der Waals surface area contributed by atoms with Gasteiger partial charge in [0.05, 0.1) is 30.0 Å². The molecule has 1 atom stereocenters. The maximum atomic E-state index is 14.0. The molecular weight excluding hydrogens is 415 g/mol. The summed E-state index contributed by atoms with van der Waals surface area (Å²) in [5.74, 6) is -1.22. The Hall–Kier alpha value is -2.76. The summed E-state index contributed by atoms with van der Waals surface area (Å²) in [5, 5.41) is 3.30. The summed E-state index contributed by atoms with van der Waals surface area (Å²) in [5.41, 5.74) is -3.19. The Morgan fingerprint density at radius 2 is 1.79 bits per heavy atom. The van der Waals surface area contributed by atoms with Crippen molar-refractivity contribution < 1.29 is 37.0 Å². The van der Waals surface area contributed by atoms with E-state index in [1.165, 1.54) is 13.8 Å². The number of thiazole rings is 1. The number of halogens is 3. The van der Waals surface area contributed by atoms with E-state index < -0.39 is 23.9 Å². The molecule has 12 heteroatoms. The molecule has 2 rings (SSSR count). The van der Waals surface area contributed by atoms with E-state index in [4.69, 9.17) is 4.74 Å². The fourth-order valence-electron chi connectivity index (χ4n) is 2.33. The highest BCUT2D eigenvalue weighted by Gasteiger charge is 2.64. The smallest absolute Gasteiger partial charge is 0.442 e. The molecule has 0 aliphatic carbocycles. The molecule has 0 aliphatic rings. The lowest BCUT2D eigenvalue weighted by atomic mass is 10.1. The van der Waals surface area contributed by atoms with Crippen molar-refractivity contribution in [2.24, 2.45) is 0 Å². The standard InChI is InChI=1S/C17H20F3N3O5S/c1-4-26-10-7-8-11-12(9-10)29-14(21-11)22-16(17(18,19)20,13(24)27-5-2)23-15(25)28-6-3/h7-9H,4-6H2,1-3H3,(H,21,22)(H,23,25)/t16-/m1/s1. The summed E-state index contributed by atoms with van der Waals surface area (Å²) in [6.45, 7) is 4.44. The zero-order chi connectivity index (χ0) is 21.7. The number of hydrogen-bond acceptors (Lipinski definition) is 8. The van der Waals surface area contributed by atoms with Crippen LogP contribution in [0.15, 0.2) is 18.2 Å². The molecule has 1 amide bonds. The first-order chi connectivity index (χ1) is 13.7. The number of hydrogen-bond donors (Lipinski definition) is 2. The first-order valence-corrected chi connectivity index (χ1v) is 9.48. The van der Waals surface area contributed by atoms with Gasteiger partial charge in [0.15, 0.2) is 5.13 Å². The first kappa shape index (κ1) is 22.5. The summed E-state index contributed by atoms with van der Waals surface area (Å²) in [6, 6.07) is 4.80. The Morgan fingerprint density at radius 3 is 2.38 bits per heavy atom. The van der Waals surface area contributed by atoms with E-state index in [0.29, 0.717) is 22.6 Å². The van der Waals surface area contributed by atoms with E-state index in [0.717, 1.165) is 11.3 Å².